The van der Waals surface area contributed by atoms with Gasteiger partial charge < -0.3 is 10.1 Å². The van der Waals surface area contributed by atoms with Crippen LogP contribution in [0.1, 0.15) is 52.0 Å². The van der Waals surface area contributed by atoms with Gasteiger partial charge in [-0.2, -0.15) is 5.10 Å². The van der Waals surface area contributed by atoms with Crippen molar-refractivity contribution >= 4 is 5.82 Å². The van der Waals surface area contributed by atoms with E-state index in [0.717, 1.165) is 31.9 Å². The minimum atomic E-state index is 0.477. The first kappa shape index (κ1) is 14.9. The van der Waals surface area contributed by atoms with Crippen LogP contribution < -0.4 is 5.32 Å². The second-order valence-electron chi connectivity index (χ2n) is 4.56. The minimum Gasteiger partial charge on any atom is -0.381 e. The van der Waals surface area contributed by atoms with Crippen LogP contribution in [-0.4, -0.2) is 29.5 Å². The summed E-state index contributed by atoms with van der Waals surface area (Å²) in [4.78, 5) is 0. The molecule has 18 heavy (non-hydrogen) atoms. The van der Waals surface area contributed by atoms with Crippen molar-refractivity contribution in [2.24, 2.45) is 0 Å². The Labute approximate surface area is 110 Å². The van der Waals surface area contributed by atoms with E-state index >= 15 is 0 Å². The Morgan fingerprint density at radius 3 is 2.56 bits per heavy atom. The van der Waals surface area contributed by atoms with Crippen molar-refractivity contribution in [3.63, 3.8) is 0 Å². The maximum Gasteiger partial charge on any atom is 0.149 e. The first-order chi connectivity index (χ1) is 8.75. The zero-order valence-electron chi connectivity index (χ0n) is 11.9. The summed E-state index contributed by atoms with van der Waals surface area (Å²) in [6.07, 6.45) is 3.93. The topological polar surface area (TPSA) is 47.0 Å². The quantitative estimate of drug-likeness (QED) is 0.896. The molecule has 0 unspecified atom stereocenters. The lowest BCUT2D eigenvalue weighted by atomic mass is 10.1. The van der Waals surface area contributed by atoms with Crippen molar-refractivity contribution in [2.75, 3.05) is 18.5 Å². The number of anilines is 1. The molecule has 4 nitrogen and oxygen atoms in total. The van der Waals surface area contributed by atoms with Gasteiger partial charge in [0.1, 0.15) is 5.82 Å². The van der Waals surface area contributed by atoms with E-state index in [2.05, 4.69) is 35.4 Å². The van der Waals surface area contributed by atoms with Crippen molar-refractivity contribution in [1.29, 1.82) is 0 Å². The van der Waals surface area contributed by atoms with Gasteiger partial charge in [0.2, 0.25) is 0 Å². The maximum atomic E-state index is 5.32. The van der Waals surface area contributed by atoms with Crippen LogP contribution in [0, 0.1) is 0 Å². The predicted octanol–water partition coefficient (Wildman–Crippen LogP) is 3.22. The van der Waals surface area contributed by atoms with Crippen LogP contribution in [-0.2, 0) is 4.74 Å². The van der Waals surface area contributed by atoms with Crippen molar-refractivity contribution in [3.8, 4) is 0 Å². The van der Waals surface area contributed by atoms with E-state index in [0.29, 0.717) is 12.0 Å². The Hall–Kier alpha value is -1.16. The number of hydrogen-bond donors (Lipinski definition) is 1. The summed E-state index contributed by atoms with van der Waals surface area (Å²) in [6.45, 7) is 10.0. The van der Waals surface area contributed by atoms with Crippen molar-refractivity contribution in [2.45, 2.75) is 52.5 Å². The molecule has 0 bridgehead atoms. The van der Waals surface area contributed by atoms with Crippen LogP contribution in [0.25, 0.3) is 0 Å². The standard InChI is InChI=1S/C12H19N3O.C2H6/c1-9(2)10-7-12(15-13-8-10)14-11-3-5-16-6-4-11;1-2/h7-9,11H,3-6H2,1-2H3,(H,14,15);1-2H3. The molecule has 0 spiro atoms. The van der Waals surface area contributed by atoms with Crippen LogP contribution in [0.5, 0.6) is 0 Å². The summed E-state index contributed by atoms with van der Waals surface area (Å²) in [5.41, 5.74) is 1.23. The summed E-state index contributed by atoms with van der Waals surface area (Å²) in [7, 11) is 0. The molecule has 1 aromatic heterocycles. The van der Waals surface area contributed by atoms with E-state index in [-0.39, 0.29) is 0 Å². The zero-order chi connectivity index (χ0) is 13.4. The Kier molecular flexibility index (Phi) is 6.65. The SMILES string of the molecule is CC.CC(C)c1cnnc(NC2CCOCC2)c1. The van der Waals surface area contributed by atoms with Gasteiger partial charge in [-0.3, -0.25) is 0 Å². The fraction of sp³-hybridized carbons (Fsp3) is 0.714. The highest BCUT2D eigenvalue weighted by molar-refractivity contribution is 5.37. The highest BCUT2D eigenvalue weighted by Gasteiger charge is 2.14. The third kappa shape index (κ3) is 4.61. The molecule has 0 aliphatic carbocycles. The van der Waals surface area contributed by atoms with Gasteiger partial charge in [-0.25, -0.2) is 0 Å². The molecule has 4 heteroatoms. The van der Waals surface area contributed by atoms with Gasteiger partial charge in [0.15, 0.2) is 0 Å². The van der Waals surface area contributed by atoms with Gasteiger partial charge >= 0.3 is 0 Å². The average Bonchev–Trinajstić information content (AvgIpc) is 2.42. The second-order valence-corrected chi connectivity index (χ2v) is 4.56. The van der Waals surface area contributed by atoms with Crippen LogP contribution in [0.3, 0.4) is 0 Å². The third-order valence-electron chi connectivity index (χ3n) is 2.92. The fourth-order valence-corrected chi connectivity index (χ4v) is 1.82. The minimum absolute atomic E-state index is 0.477. The maximum absolute atomic E-state index is 5.32. The second kappa shape index (κ2) is 8.03. The molecule has 1 aliphatic heterocycles. The molecule has 1 aliphatic rings. The van der Waals surface area contributed by atoms with E-state index in [1.54, 1.807) is 0 Å². The third-order valence-corrected chi connectivity index (χ3v) is 2.92. The first-order valence-corrected chi connectivity index (χ1v) is 6.92. The van der Waals surface area contributed by atoms with Gasteiger partial charge in [0, 0.05) is 19.3 Å². The Bertz CT molecular complexity index is 336. The van der Waals surface area contributed by atoms with E-state index < -0.39 is 0 Å². The van der Waals surface area contributed by atoms with Crippen LogP contribution in [0.2, 0.25) is 0 Å². The normalized spacial score (nSPS) is 16.1. The first-order valence-electron chi connectivity index (χ1n) is 6.92. The molecular formula is C14H25N3O. The average molecular weight is 251 g/mol. The number of ether oxygens (including phenoxy) is 1. The molecule has 2 heterocycles. The van der Waals surface area contributed by atoms with Gasteiger partial charge in [-0.15, -0.1) is 5.10 Å². The van der Waals surface area contributed by atoms with Crippen LogP contribution >= 0.6 is 0 Å². The van der Waals surface area contributed by atoms with Gasteiger partial charge in [0.25, 0.3) is 0 Å². The lowest BCUT2D eigenvalue weighted by Gasteiger charge is -2.23. The summed E-state index contributed by atoms with van der Waals surface area (Å²) in [5.74, 6) is 1.38. The molecule has 1 fully saturated rings. The summed E-state index contributed by atoms with van der Waals surface area (Å²) in [5, 5.41) is 11.6. The highest BCUT2D eigenvalue weighted by Crippen LogP contribution is 2.17. The summed E-state index contributed by atoms with van der Waals surface area (Å²) >= 11 is 0. The summed E-state index contributed by atoms with van der Waals surface area (Å²) in [6, 6.07) is 2.57. The number of hydrogen-bond acceptors (Lipinski definition) is 4. The van der Waals surface area contributed by atoms with E-state index in [1.807, 2.05) is 20.0 Å². The fourth-order valence-electron chi connectivity index (χ4n) is 1.82. The molecule has 0 atom stereocenters. The van der Waals surface area contributed by atoms with Crippen LogP contribution in [0.4, 0.5) is 5.82 Å². The monoisotopic (exact) mass is 251 g/mol. The molecule has 1 aromatic rings. The van der Waals surface area contributed by atoms with Gasteiger partial charge in [-0.1, -0.05) is 27.7 Å². The lowest BCUT2D eigenvalue weighted by Crippen LogP contribution is -2.28. The summed E-state index contributed by atoms with van der Waals surface area (Å²) < 4.78 is 5.32. The molecule has 1 N–H and O–H groups in total. The smallest absolute Gasteiger partial charge is 0.149 e. The molecule has 1 saturated heterocycles. The zero-order valence-corrected chi connectivity index (χ0v) is 11.9. The molecule has 0 amide bonds. The number of nitrogens with zero attached hydrogens (tertiary/aromatic N) is 2. The van der Waals surface area contributed by atoms with E-state index in [1.165, 1.54) is 5.56 Å². The largest absolute Gasteiger partial charge is 0.381 e. The van der Waals surface area contributed by atoms with Crippen molar-refractivity contribution in [3.05, 3.63) is 17.8 Å². The van der Waals surface area contributed by atoms with E-state index in [9.17, 15) is 0 Å². The molecule has 102 valence electrons. The lowest BCUT2D eigenvalue weighted by molar-refractivity contribution is 0.0903. The Balaban J connectivity index is 0.000000771. The number of nitrogens with one attached hydrogen (secondary N) is 1. The molecular weight excluding hydrogens is 226 g/mol. The van der Waals surface area contributed by atoms with Crippen LogP contribution in [0.15, 0.2) is 12.3 Å². The highest BCUT2D eigenvalue weighted by atomic mass is 16.5. The van der Waals surface area contributed by atoms with Gasteiger partial charge in [0.05, 0.1) is 6.20 Å². The predicted molar refractivity (Wildman–Crippen MR) is 74.9 cm³/mol. The van der Waals surface area contributed by atoms with E-state index in [4.69, 9.17) is 4.74 Å². The van der Waals surface area contributed by atoms with Gasteiger partial charge in [-0.05, 0) is 30.4 Å². The van der Waals surface area contributed by atoms with Crippen molar-refractivity contribution < 1.29 is 4.74 Å². The molecule has 0 saturated carbocycles. The number of aromatic nitrogens is 2. The molecule has 2 rings (SSSR count). The Morgan fingerprint density at radius 1 is 1.28 bits per heavy atom. The molecule has 0 aromatic carbocycles. The Morgan fingerprint density at radius 2 is 1.94 bits per heavy atom. The number of rotatable bonds is 3. The molecule has 0 radical (unpaired) electrons. The van der Waals surface area contributed by atoms with Crippen molar-refractivity contribution in [1.82, 2.24) is 10.2 Å².